The maximum Gasteiger partial charge on any atom is 0.293 e. The summed E-state index contributed by atoms with van der Waals surface area (Å²) < 4.78 is 0. The minimum Gasteiger partial charge on any atom is -0.366 e. The first kappa shape index (κ1) is 15.5. The molecule has 22 heavy (non-hydrogen) atoms. The summed E-state index contributed by atoms with van der Waals surface area (Å²) in [7, 11) is 0. The van der Waals surface area contributed by atoms with Gasteiger partial charge in [-0.15, -0.1) is 0 Å². The zero-order valence-electron chi connectivity index (χ0n) is 12.2. The predicted octanol–water partition coefficient (Wildman–Crippen LogP) is 3.39. The van der Waals surface area contributed by atoms with E-state index in [0.29, 0.717) is 5.69 Å². The van der Waals surface area contributed by atoms with Crippen LogP contribution in [0.2, 0.25) is 0 Å². The fourth-order valence-corrected chi connectivity index (χ4v) is 2.14. The Morgan fingerprint density at radius 2 is 1.91 bits per heavy atom. The van der Waals surface area contributed by atoms with E-state index in [9.17, 15) is 14.9 Å². The van der Waals surface area contributed by atoms with Gasteiger partial charge in [-0.3, -0.25) is 14.9 Å². The van der Waals surface area contributed by atoms with E-state index in [-0.39, 0.29) is 11.3 Å². The molecule has 0 saturated heterocycles. The largest absolute Gasteiger partial charge is 0.366 e. The van der Waals surface area contributed by atoms with Gasteiger partial charge in [-0.05, 0) is 36.2 Å². The number of anilines is 2. The molecule has 2 rings (SSSR count). The van der Waals surface area contributed by atoms with Crippen LogP contribution in [0.25, 0.3) is 0 Å². The summed E-state index contributed by atoms with van der Waals surface area (Å²) in [6, 6.07) is 11.8. The highest BCUT2D eigenvalue weighted by molar-refractivity contribution is 5.94. The second-order valence-corrected chi connectivity index (χ2v) is 4.93. The zero-order valence-corrected chi connectivity index (χ0v) is 12.2. The van der Waals surface area contributed by atoms with E-state index in [1.165, 1.54) is 23.8 Å². The van der Waals surface area contributed by atoms with Gasteiger partial charge in [-0.1, -0.05) is 25.5 Å². The highest BCUT2D eigenvalue weighted by Gasteiger charge is 2.16. The van der Waals surface area contributed by atoms with Crippen molar-refractivity contribution in [1.82, 2.24) is 0 Å². The molecule has 2 aromatic carbocycles. The van der Waals surface area contributed by atoms with Gasteiger partial charge in [0.1, 0.15) is 5.69 Å². The molecule has 0 aromatic heterocycles. The number of carbonyl (C=O) groups is 1. The third-order valence-corrected chi connectivity index (χ3v) is 3.25. The van der Waals surface area contributed by atoms with Crippen molar-refractivity contribution in [3.63, 3.8) is 0 Å². The minimum atomic E-state index is -0.696. The molecular weight excluding hydrogens is 282 g/mol. The van der Waals surface area contributed by atoms with Gasteiger partial charge in [-0.2, -0.15) is 0 Å². The van der Waals surface area contributed by atoms with E-state index in [4.69, 9.17) is 5.73 Å². The number of nitrogens with one attached hydrogen (secondary N) is 1. The first-order chi connectivity index (χ1) is 10.5. The summed E-state index contributed by atoms with van der Waals surface area (Å²) in [5, 5.41) is 14.1. The smallest absolute Gasteiger partial charge is 0.293 e. The molecule has 1 amide bonds. The molecule has 0 saturated carbocycles. The van der Waals surface area contributed by atoms with Crippen molar-refractivity contribution in [3.8, 4) is 0 Å². The van der Waals surface area contributed by atoms with Crippen molar-refractivity contribution in [2.45, 2.75) is 19.8 Å². The number of carbonyl (C=O) groups excluding carboxylic acids is 1. The number of nitrogens with two attached hydrogens (primary N) is 1. The van der Waals surface area contributed by atoms with Crippen molar-refractivity contribution in [2.75, 3.05) is 5.32 Å². The van der Waals surface area contributed by atoms with Crippen LogP contribution in [0.3, 0.4) is 0 Å². The molecule has 0 aliphatic heterocycles. The lowest BCUT2D eigenvalue weighted by atomic mass is 10.1. The topological polar surface area (TPSA) is 98.3 Å². The van der Waals surface area contributed by atoms with Gasteiger partial charge >= 0.3 is 0 Å². The van der Waals surface area contributed by atoms with Gasteiger partial charge in [-0.25, -0.2) is 0 Å². The summed E-state index contributed by atoms with van der Waals surface area (Å²) in [5.74, 6) is -0.696. The van der Waals surface area contributed by atoms with E-state index < -0.39 is 10.8 Å². The Hall–Kier alpha value is -2.89. The molecule has 6 nitrogen and oxygen atoms in total. The first-order valence-electron chi connectivity index (χ1n) is 6.95. The molecule has 2 aromatic rings. The normalized spacial score (nSPS) is 10.2. The number of amides is 1. The van der Waals surface area contributed by atoms with Crippen LogP contribution in [0.4, 0.5) is 17.1 Å². The molecule has 0 aliphatic rings. The van der Waals surface area contributed by atoms with Crippen molar-refractivity contribution < 1.29 is 9.72 Å². The Kier molecular flexibility index (Phi) is 4.73. The van der Waals surface area contributed by atoms with Crippen LogP contribution in [0.1, 0.15) is 29.3 Å². The third-order valence-electron chi connectivity index (χ3n) is 3.25. The van der Waals surface area contributed by atoms with Gasteiger partial charge in [0.15, 0.2) is 0 Å². The second-order valence-electron chi connectivity index (χ2n) is 4.93. The molecule has 0 radical (unpaired) electrons. The summed E-state index contributed by atoms with van der Waals surface area (Å²) in [6.45, 7) is 2.11. The SMILES string of the molecule is CCCc1ccc(Nc2ccc(C(N)=O)cc2[N+](=O)[O-])cc1. The highest BCUT2D eigenvalue weighted by Crippen LogP contribution is 2.28. The van der Waals surface area contributed by atoms with Gasteiger partial charge in [0, 0.05) is 17.3 Å². The molecule has 114 valence electrons. The van der Waals surface area contributed by atoms with Gasteiger partial charge in [0.2, 0.25) is 5.91 Å². The van der Waals surface area contributed by atoms with E-state index in [0.717, 1.165) is 18.5 Å². The molecule has 0 fully saturated rings. The van der Waals surface area contributed by atoms with E-state index in [1.807, 2.05) is 24.3 Å². The van der Waals surface area contributed by atoms with Crippen molar-refractivity contribution in [2.24, 2.45) is 5.73 Å². The molecule has 0 atom stereocenters. The Morgan fingerprint density at radius 1 is 1.23 bits per heavy atom. The summed E-state index contributed by atoms with van der Waals surface area (Å²) in [6.07, 6.45) is 2.06. The number of aryl methyl sites for hydroxylation is 1. The van der Waals surface area contributed by atoms with Crippen LogP contribution < -0.4 is 11.1 Å². The second kappa shape index (κ2) is 6.71. The molecule has 0 bridgehead atoms. The molecule has 0 unspecified atom stereocenters. The highest BCUT2D eigenvalue weighted by atomic mass is 16.6. The number of benzene rings is 2. The Bertz CT molecular complexity index is 696. The Labute approximate surface area is 128 Å². The van der Waals surface area contributed by atoms with Gasteiger partial charge < -0.3 is 11.1 Å². The molecule has 0 spiro atoms. The lowest BCUT2D eigenvalue weighted by Gasteiger charge is -2.09. The number of nitro groups is 1. The van der Waals surface area contributed by atoms with Crippen LogP contribution in [0.15, 0.2) is 42.5 Å². The van der Waals surface area contributed by atoms with Gasteiger partial charge in [0.05, 0.1) is 4.92 Å². The zero-order chi connectivity index (χ0) is 16.1. The van der Waals surface area contributed by atoms with Crippen LogP contribution in [-0.4, -0.2) is 10.8 Å². The van der Waals surface area contributed by atoms with E-state index >= 15 is 0 Å². The molecule has 3 N–H and O–H groups in total. The van der Waals surface area contributed by atoms with E-state index in [2.05, 4.69) is 12.2 Å². The standard InChI is InChI=1S/C16H17N3O3/c1-2-3-11-4-7-13(8-5-11)18-14-9-6-12(16(17)20)10-15(14)19(21)22/h4-10,18H,2-3H2,1H3,(H2,17,20). The quantitative estimate of drug-likeness (QED) is 0.631. The summed E-state index contributed by atoms with van der Waals surface area (Å²) >= 11 is 0. The lowest BCUT2D eigenvalue weighted by molar-refractivity contribution is -0.383. The average Bonchev–Trinajstić information content (AvgIpc) is 2.49. The number of rotatable bonds is 6. The molecule has 6 heteroatoms. The fraction of sp³-hybridized carbons (Fsp3) is 0.188. The van der Waals surface area contributed by atoms with Gasteiger partial charge in [0.25, 0.3) is 5.69 Å². The van der Waals surface area contributed by atoms with Crippen LogP contribution in [-0.2, 0) is 6.42 Å². The number of primary amides is 1. The maximum atomic E-state index is 11.1. The van der Waals surface area contributed by atoms with Crippen LogP contribution in [0, 0.1) is 10.1 Å². The maximum absolute atomic E-state index is 11.1. The first-order valence-corrected chi connectivity index (χ1v) is 6.95. The van der Waals surface area contributed by atoms with Crippen LogP contribution >= 0.6 is 0 Å². The molecule has 0 heterocycles. The summed E-state index contributed by atoms with van der Waals surface area (Å²) in [4.78, 5) is 21.7. The van der Waals surface area contributed by atoms with Crippen molar-refractivity contribution in [1.29, 1.82) is 0 Å². The molecule has 0 aliphatic carbocycles. The fourth-order valence-electron chi connectivity index (χ4n) is 2.14. The number of nitrogens with zero attached hydrogens (tertiary/aromatic N) is 1. The number of nitro benzene ring substituents is 1. The number of hydrogen-bond acceptors (Lipinski definition) is 4. The monoisotopic (exact) mass is 299 g/mol. The molecular formula is C16H17N3O3. The number of hydrogen-bond donors (Lipinski definition) is 2. The Morgan fingerprint density at radius 3 is 2.45 bits per heavy atom. The lowest BCUT2D eigenvalue weighted by Crippen LogP contribution is -2.11. The Balaban J connectivity index is 2.28. The van der Waals surface area contributed by atoms with Crippen molar-refractivity contribution >= 4 is 23.0 Å². The predicted molar refractivity (Wildman–Crippen MR) is 85.3 cm³/mol. The average molecular weight is 299 g/mol. The third kappa shape index (κ3) is 3.60. The van der Waals surface area contributed by atoms with E-state index in [1.54, 1.807) is 0 Å². The minimum absolute atomic E-state index is 0.107. The summed E-state index contributed by atoms with van der Waals surface area (Å²) in [5.41, 5.74) is 7.35. The van der Waals surface area contributed by atoms with Crippen molar-refractivity contribution in [3.05, 3.63) is 63.7 Å². The van der Waals surface area contributed by atoms with Crippen LogP contribution in [0.5, 0.6) is 0 Å².